The third-order valence-corrected chi connectivity index (χ3v) is 3.29. The standard InChI is InChI=1S/C16H16ClNO3/c1-10(19)11-3-6-13(7-4-11)18-16(20)14-9-12(17)5-8-15(14)21-2/h3-10,19H,1-2H3,(H,18,20). The fourth-order valence-corrected chi connectivity index (χ4v) is 2.07. The minimum atomic E-state index is -0.539. The van der Waals surface area contributed by atoms with Crippen LogP contribution in [0.2, 0.25) is 5.02 Å². The van der Waals surface area contributed by atoms with Gasteiger partial charge in [0.15, 0.2) is 0 Å². The third-order valence-electron chi connectivity index (χ3n) is 3.06. The van der Waals surface area contributed by atoms with Gasteiger partial charge < -0.3 is 15.2 Å². The topological polar surface area (TPSA) is 58.6 Å². The first-order valence-electron chi connectivity index (χ1n) is 6.44. The van der Waals surface area contributed by atoms with Crippen LogP contribution in [0.3, 0.4) is 0 Å². The summed E-state index contributed by atoms with van der Waals surface area (Å²) in [4.78, 5) is 12.3. The summed E-state index contributed by atoms with van der Waals surface area (Å²) in [6.07, 6.45) is -0.539. The van der Waals surface area contributed by atoms with Crippen LogP contribution in [0.15, 0.2) is 42.5 Å². The van der Waals surface area contributed by atoms with E-state index in [2.05, 4.69) is 5.32 Å². The lowest BCUT2D eigenvalue weighted by Gasteiger charge is -2.11. The zero-order valence-corrected chi connectivity index (χ0v) is 12.5. The largest absolute Gasteiger partial charge is 0.496 e. The first kappa shape index (κ1) is 15.4. The molecule has 0 radical (unpaired) electrons. The molecule has 2 aromatic rings. The monoisotopic (exact) mass is 305 g/mol. The normalized spacial score (nSPS) is 11.8. The average Bonchev–Trinajstić information content (AvgIpc) is 2.47. The number of aliphatic hydroxyl groups excluding tert-OH is 1. The number of aliphatic hydroxyl groups is 1. The van der Waals surface area contributed by atoms with Crippen LogP contribution in [0, 0.1) is 0 Å². The number of benzene rings is 2. The Morgan fingerprint density at radius 1 is 1.24 bits per heavy atom. The van der Waals surface area contributed by atoms with Crippen LogP contribution in [0.1, 0.15) is 28.9 Å². The number of rotatable bonds is 4. The Hall–Kier alpha value is -2.04. The van der Waals surface area contributed by atoms with Gasteiger partial charge in [0.2, 0.25) is 0 Å². The van der Waals surface area contributed by atoms with Gasteiger partial charge in [-0.2, -0.15) is 0 Å². The maximum Gasteiger partial charge on any atom is 0.259 e. The molecule has 0 bridgehead atoms. The molecular formula is C16H16ClNO3. The second-order valence-corrected chi connectivity index (χ2v) is 5.03. The smallest absolute Gasteiger partial charge is 0.259 e. The van der Waals surface area contributed by atoms with Gasteiger partial charge in [-0.1, -0.05) is 23.7 Å². The molecule has 4 nitrogen and oxygen atoms in total. The molecule has 0 aromatic heterocycles. The molecule has 0 aliphatic rings. The summed E-state index contributed by atoms with van der Waals surface area (Å²) < 4.78 is 5.16. The molecule has 1 atom stereocenters. The van der Waals surface area contributed by atoms with Crippen LogP contribution < -0.4 is 10.1 Å². The van der Waals surface area contributed by atoms with Gasteiger partial charge in [-0.05, 0) is 42.8 Å². The van der Waals surface area contributed by atoms with Gasteiger partial charge in [0, 0.05) is 10.7 Å². The van der Waals surface area contributed by atoms with Gasteiger partial charge in [-0.15, -0.1) is 0 Å². The molecule has 2 aromatic carbocycles. The van der Waals surface area contributed by atoms with Gasteiger partial charge in [-0.3, -0.25) is 4.79 Å². The van der Waals surface area contributed by atoms with Crippen LogP contribution in [-0.2, 0) is 0 Å². The van der Waals surface area contributed by atoms with Crippen LogP contribution >= 0.6 is 11.6 Å². The highest BCUT2D eigenvalue weighted by atomic mass is 35.5. The van der Waals surface area contributed by atoms with Gasteiger partial charge in [0.05, 0.1) is 18.8 Å². The van der Waals surface area contributed by atoms with E-state index < -0.39 is 6.10 Å². The molecule has 0 aliphatic carbocycles. The molecule has 5 heteroatoms. The van der Waals surface area contributed by atoms with Crippen molar-refractivity contribution < 1.29 is 14.6 Å². The predicted molar refractivity (Wildman–Crippen MR) is 83.0 cm³/mol. The number of hydrogen-bond donors (Lipinski definition) is 2. The Kier molecular flexibility index (Phi) is 4.83. The second-order valence-electron chi connectivity index (χ2n) is 4.60. The minimum absolute atomic E-state index is 0.306. The number of hydrogen-bond acceptors (Lipinski definition) is 3. The fraction of sp³-hybridized carbons (Fsp3) is 0.188. The SMILES string of the molecule is COc1ccc(Cl)cc1C(=O)Nc1ccc(C(C)O)cc1. The number of halogens is 1. The van der Waals surface area contributed by atoms with Crippen molar-refractivity contribution in [2.75, 3.05) is 12.4 Å². The molecule has 0 aliphatic heterocycles. The quantitative estimate of drug-likeness (QED) is 0.906. The molecule has 0 spiro atoms. The first-order chi connectivity index (χ1) is 10.0. The Bertz CT molecular complexity index is 638. The number of anilines is 1. The Balaban J connectivity index is 2.19. The van der Waals surface area contributed by atoms with Crippen molar-refractivity contribution in [2.45, 2.75) is 13.0 Å². The number of ether oxygens (including phenoxy) is 1. The van der Waals surface area contributed by atoms with Gasteiger partial charge >= 0.3 is 0 Å². The van der Waals surface area contributed by atoms with Crippen LogP contribution in [-0.4, -0.2) is 18.1 Å². The summed E-state index contributed by atoms with van der Waals surface area (Å²) in [5.41, 5.74) is 1.78. The summed E-state index contributed by atoms with van der Waals surface area (Å²) in [6, 6.07) is 11.8. The maximum atomic E-state index is 12.3. The Labute approximate surface area is 128 Å². The molecule has 110 valence electrons. The lowest BCUT2D eigenvalue weighted by atomic mass is 10.1. The maximum absolute atomic E-state index is 12.3. The highest BCUT2D eigenvalue weighted by molar-refractivity contribution is 6.31. The average molecular weight is 306 g/mol. The van der Waals surface area contributed by atoms with E-state index in [9.17, 15) is 9.90 Å². The number of carbonyl (C=O) groups excluding carboxylic acids is 1. The molecule has 2 rings (SSSR count). The van der Waals surface area contributed by atoms with Crippen molar-refractivity contribution in [2.24, 2.45) is 0 Å². The van der Waals surface area contributed by atoms with Crippen molar-refractivity contribution in [1.29, 1.82) is 0 Å². The summed E-state index contributed by atoms with van der Waals surface area (Å²) in [7, 11) is 1.50. The van der Waals surface area contributed by atoms with Crippen molar-refractivity contribution in [3.8, 4) is 5.75 Å². The number of carbonyl (C=O) groups is 1. The van der Waals surface area contributed by atoms with E-state index in [0.717, 1.165) is 5.56 Å². The summed E-state index contributed by atoms with van der Waals surface area (Å²) in [5, 5.41) is 12.7. The van der Waals surface area contributed by atoms with Crippen molar-refractivity contribution in [1.82, 2.24) is 0 Å². The second kappa shape index (κ2) is 6.61. The van der Waals surface area contributed by atoms with Crippen molar-refractivity contribution in [3.05, 3.63) is 58.6 Å². The zero-order chi connectivity index (χ0) is 15.4. The molecule has 0 fully saturated rings. The van der Waals surface area contributed by atoms with Gasteiger partial charge in [0.1, 0.15) is 5.75 Å². The van der Waals surface area contributed by atoms with E-state index in [1.807, 2.05) is 0 Å². The van der Waals surface area contributed by atoms with Crippen LogP contribution in [0.25, 0.3) is 0 Å². The fourth-order valence-electron chi connectivity index (χ4n) is 1.90. The van der Waals surface area contributed by atoms with Gasteiger partial charge in [-0.25, -0.2) is 0 Å². The summed E-state index contributed by atoms with van der Waals surface area (Å²) >= 11 is 5.91. The summed E-state index contributed by atoms with van der Waals surface area (Å²) in [6.45, 7) is 1.68. The van der Waals surface area contributed by atoms with Crippen LogP contribution in [0.5, 0.6) is 5.75 Å². The lowest BCUT2D eigenvalue weighted by molar-refractivity contribution is 0.102. The molecule has 2 N–H and O–H groups in total. The van der Waals surface area contributed by atoms with E-state index in [4.69, 9.17) is 16.3 Å². The molecule has 0 saturated heterocycles. The molecule has 0 heterocycles. The molecule has 0 saturated carbocycles. The van der Waals surface area contributed by atoms with E-state index in [1.165, 1.54) is 7.11 Å². The number of methoxy groups -OCH3 is 1. The Morgan fingerprint density at radius 3 is 2.48 bits per heavy atom. The Morgan fingerprint density at radius 2 is 1.90 bits per heavy atom. The molecule has 1 amide bonds. The van der Waals surface area contributed by atoms with E-state index in [1.54, 1.807) is 49.4 Å². The first-order valence-corrected chi connectivity index (χ1v) is 6.82. The highest BCUT2D eigenvalue weighted by Gasteiger charge is 2.13. The minimum Gasteiger partial charge on any atom is -0.496 e. The third kappa shape index (κ3) is 3.74. The van der Waals surface area contributed by atoms with E-state index in [0.29, 0.717) is 22.0 Å². The van der Waals surface area contributed by atoms with Crippen LogP contribution in [0.4, 0.5) is 5.69 Å². The number of amides is 1. The molecule has 1 unspecified atom stereocenters. The lowest BCUT2D eigenvalue weighted by Crippen LogP contribution is -2.13. The van der Waals surface area contributed by atoms with E-state index in [-0.39, 0.29) is 5.91 Å². The van der Waals surface area contributed by atoms with E-state index >= 15 is 0 Å². The predicted octanol–water partition coefficient (Wildman–Crippen LogP) is 3.65. The zero-order valence-electron chi connectivity index (χ0n) is 11.8. The van der Waals surface area contributed by atoms with Crippen molar-refractivity contribution >= 4 is 23.2 Å². The number of nitrogens with one attached hydrogen (secondary N) is 1. The van der Waals surface area contributed by atoms with Gasteiger partial charge in [0.25, 0.3) is 5.91 Å². The molecule has 21 heavy (non-hydrogen) atoms. The summed E-state index contributed by atoms with van der Waals surface area (Å²) in [5.74, 6) is 0.150. The van der Waals surface area contributed by atoms with Crippen molar-refractivity contribution in [3.63, 3.8) is 0 Å². The highest BCUT2D eigenvalue weighted by Crippen LogP contribution is 2.24. The molecular weight excluding hydrogens is 290 g/mol.